The number of sulfonamides is 1. The molecule has 2 aromatic rings. The van der Waals surface area contributed by atoms with Crippen molar-refractivity contribution >= 4 is 27.3 Å². The number of aromatic nitrogens is 2. The molecular weight excluding hydrogens is 380 g/mol. The summed E-state index contributed by atoms with van der Waals surface area (Å²) in [6, 6.07) is 3.57. The van der Waals surface area contributed by atoms with Gasteiger partial charge in [-0.15, -0.1) is 0 Å². The number of anilines is 2. The fourth-order valence-corrected chi connectivity index (χ4v) is 5.08. The molecule has 1 aromatic heterocycles. The molecule has 0 radical (unpaired) electrons. The number of rotatable bonds is 5. The summed E-state index contributed by atoms with van der Waals surface area (Å²) in [5, 5.41) is 0. The van der Waals surface area contributed by atoms with E-state index in [0.717, 1.165) is 16.8 Å². The quantitative estimate of drug-likeness (QED) is 0.822. The van der Waals surface area contributed by atoms with Crippen molar-refractivity contribution in [3.05, 3.63) is 34.6 Å². The summed E-state index contributed by atoms with van der Waals surface area (Å²) in [7, 11) is -3.82. The molecule has 0 saturated carbocycles. The van der Waals surface area contributed by atoms with Crippen LogP contribution in [0.15, 0.2) is 17.0 Å². The first-order chi connectivity index (χ1) is 13.3. The van der Waals surface area contributed by atoms with Crippen molar-refractivity contribution in [1.82, 2.24) is 9.97 Å². The Kier molecular flexibility index (Phi) is 4.49. The van der Waals surface area contributed by atoms with Gasteiger partial charge in [0, 0.05) is 13.0 Å². The van der Waals surface area contributed by atoms with E-state index in [-0.39, 0.29) is 16.8 Å². The Balaban J connectivity index is 1.70. The summed E-state index contributed by atoms with van der Waals surface area (Å²) < 4.78 is 34.1. The minimum Gasteiger partial charge on any atom is -0.464 e. The van der Waals surface area contributed by atoms with Crippen LogP contribution in [0.5, 0.6) is 6.01 Å². The van der Waals surface area contributed by atoms with Crippen LogP contribution in [0.3, 0.4) is 0 Å². The Bertz CT molecular complexity index is 1060. The number of hydrogen-bond acceptors (Lipinski definition) is 6. The van der Waals surface area contributed by atoms with Gasteiger partial charge in [-0.2, -0.15) is 9.97 Å². The smallest absolute Gasteiger partial charge is 0.316 e. The zero-order valence-electron chi connectivity index (χ0n) is 16.1. The summed E-state index contributed by atoms with van der Waals surface area (Å²) in [5.74, 6) is 0.109. The van der Waals surface area contributed by atoms with Crippen LogP contribution in [-0.4, -0.2) is 37.4 Å². The molecule has 28 heavy (non-hydrogen) atoms. The van der Waals surface area contributed by atoms with E-state index >= 15 is 0 Å². The molecule has 0 atom stereocenters. The Hall–Kier alpha value is -2.68. The first-order valence-corrected chi connectivity index (χ1v) is 10.8. The molecule has 1 aromatic carbocycles. The van der Waals surface area contributed by atoms with Crippen molar-refractivity contribution in [3.63, 3.8) is 0 Å². The molecular formula is C19H22N4O4S. The van der Waals surface area contributed by atoms with Gasteiger partial charge < -0.3 is 9.64 Å². The average Bonchev–Trinajstić information content (AvgIpc) is 3.07. The molecule has 0 saturated heterocycles. The first-order valence-electron chi connectivity index (χ1n) is 9.27. The second kappa shape index (κ2) is 6.73. The number of nitrogens with zero attached hydrogens (tertiary/aromatic N) is 3. The Morgan fingerprint density at radius 3 is 2.39 bits per heavy atom. The normalized spacial score (nSPS) is 15.5. The van der Waals surface area contributed by atoms with Gasteiger partial charge in [0.25, 0.3) is 10.0 Å². The second-order valence-corrected chi connectivity index (χ2v) is 8.66. The van der Waals surface area contributed by atoms with Gasteiger partial charge in [0.1, 0.15) is 0 Å². The van der Waals surface area contributed by atoms with Crippen LogP contribution in [0.2, 0.25) is 0 Å². The fraction of sp³-hybridized carbons (Fsp3) is 0.421. The maximum absolute atomic E-state index is 13.1. The maximum Gasteiger partial charge on any atom is 0.316 e. The van der Waals surface area contributed by atoms with Crippen LogP contribution in [0, 0.1) is 13.8 Å². The van der Waals surface area contributed by atoms with E-state index in [0.29, 0.717) is 49.5 Å². The molecule has 4 rings (SSSR count). The molecule has 1 amide bonds. The van der Waals surface area contributed by atoms with Gasteiger partial charge >= 0.3 is 6.01 Å². The van der Waals surface area contributed by atoms with E-state index in [1.807, 2.05) is 6.92 Å². The van der Waals surface area contributed by atoms with Crippen LogP contribution < -0.4 is 14.4 Å². The van der Waals surface area contributed by atoms with Gasteiger partial charge in [-0.1, -0.05) is 0 Å². The van der Waals surface area contributed by atoms with Crippen LogP contribution >= 0.6 is 0 Å². The van der Waals surface area contributed by atoms with Gasteiger partial charge in [0.05, 0.1) is 34.3 Å². The number of ether oxygens (including phenoxy) is 1. The lowest BCUT2D eigenvalue weighted by Gasteiger charge is -2.25. The van der Waals surface area contributed by atoms with Crippen molar-refractivity contribution in [2.24, 2.45) is 0 Å². The molecule has 0 spiro atoms. The van der Waals surface area contributed by atoms with E-state index in [1.54, 1.807) is 30.9 Å². The molecule has 0 unspecified atom stereocenters. The summed E-state index contributed by atoms with van der Waals surface area (Å²) in [5.41, 5.74) is 4.06. The SMILES string of the molecule is CCOc1nc(C)c(NS(=O)(=O)c2cc3c4c(c2)CCN4C(=O)CC3)c(C)n1. The van der Waals surface area contributed by atoms with Crippen LogP contribution in [-0.2, 0) is 27.7 Å². The molecule has 0 fully saturated rings. The van der Waals surface area contributed by atoms with Crippen molar-refractivity contribution < 1.29 is 17.9 Å². The van der Waals surface area contributed by atoms with E-state index in [2.05, 4.69) is 14.7 Å². The van der Waals surface area contributed by atoms with Crippen LogP contribution in [0.25, 0.3) is 0 Å². The lowest BCUT2D eigenvalue weighted by atomic mass is 10.00. The highest BCUT2D eigenvalue weighted by atomic mass is 32.2. The maximum atomic E-state index is 13.1. The van der Waals surface area contributed by atoms with Gasteiger partial charge in [0.15, 0.2) is 0 Å². The van der Waals surface area contributed by atoms with Gasteiger partial charge in [0.2, 0.25) is 5.91 Å². The summed E-state index contributed by atoms with van der Waals surface area (Å²) in [6.45, 7) is 6.31. The molecule has 0 aliphatic carbocycles. The highest BCUT2D eigenvalue weighted by molar-refractivity contribution is 7.92. The standard InChI is InChI=1S/C19H22N4O4S/c1-4-27-19-20-11(2)17(12(3)21-19)22-28(25,26)15-9-13-5-6-16(24)23-8-7-14(10-15)18(13)23/h9-10,22H,4-8H2,1-3H3. The highest BCUT2D eigenvalue weighted by Crippen LogP contribution is 2.38. The topological polar surface area (TPSA) is 101 Å². The van der Waals surface area contributed by atoms with E-state index in [1.165, 1.54) is 0 Å². The van der Waals surface area contributed by atoms with E-state index in [9.17, 15) is 13.2 Å². The number of amides is 1. The lowest BCUT2D eigenvalue weighted by Crippen LogP contribution is -2.33. The monoisotopic (exact) mass is 402 g/mol. The Labute approximate surface area is 164 Å². The number of aryl methyl sites for hydroxylation is 3. The van der Waals surface area contributed by atoms with Crippen molar-refractivity contribution in [2.45, 2.75) is 44.9 Å². The third kappa shape index (κ3) is 3.09. The fourth-order valence-electron chi connectivity index (χ4n) is 3.80. The number of carbonyl (C=O) groups excluding carboxylic acids is 1. The molecule has 9 heteroatoms. The molecule has 2 aliphatic rings. The molecule has 8 nitrogen and oxygen atoms in total. The van der Waals surface area contributed by atoms with Crippen molar-refractivity contribution in [3.8, 4) is 6.01 Å². The predicted molar refractivity (Wildman–Crippen MR) is 104 cm³/mol. The largest absolute Gasteiger partial charge is 0.464 e. The van der Waals surface area contributed by atoms with Gasteiger partial charge in [-0.25, -0.2) is 8.42 Å². The highest BCUT2D eigenvalue weighted by Gasteiger charge is 2.33. The van der Waals surface area contributed by atoms with Crippen LogP contribution in [0.1, 0.15) is 35.9 Å². The zero-order valence-corrected chi connectivity index (χ0v) is 16.9. The van der Waals surface area contributed by atoms with Crippen molar-refractivity contribution in [2.75, 3.05) is 22.8 Å². The molecule has 2 aliphatic heterocycles. The Morgan fingerprint density at radius 2 is 1.75 bits per heavy atom. The molecule has 148 valence electrons. The third-order valence-corrected chi connectivity index (χ3v) is 6.42. The summed E-state index contributed by atoms with van der Waals surface area (Å²) in [6.07, 6.45) is 1.64. The van der Waals surface area contributed by atoms with Gasteiger partial charge in [-0.05, 0) is 56.9 Å². The first kappa shape index (κ1) is 18.7. The molecule has 3 heterocycles. The summed E-state index contributed by atoms with van der Waals surface area (Å²) in [4.78, 5) is 22.5. The molecule has 0 bridgehead atoms. The second-order valence-electron chi connectivity index (χ2n) is 6.98. The minimum atomic E-state index is -3.82. The number of benzene rings is 1. The van der Waals surface area contributed by atoms with Gasteiger partial charge in [-0.3, -0.25) is 9.52 Å². The number of carbonyl (C=O) groups is 1. The predicted octanol–water partition coefficient (Wildman–Crippen LogP) is 2.13. The number of hydrogen-bond donors (Lipinski definition) is 1. The number of nitrogens with one attached hydrogen (secondary N) is 1. The van der Waals surface area contributed by atoms with E-state index in [4.69, 9.17) is 4.74 Å². The Morgan fingerprint density at radius 1 is 1.11 bits per heavy atom. The van der Waals surface area contributed by atoms with Crippen molar-refractivity contribution in [1.29, 1.82) is 0 Å². The zero-order chi connectivity index (χ0) is 20.1. The van der Waals surface area contributed by atoms with E-state index < -0.39 is 10.0 Å². The molecule has 1 N–H and O–H groups in total. The third-order valence-electron chi connectivity index (χ3n) is 5.10. The summed E-state index contributed by atoms with van der Waals surface area (Å²) >= 11 is 0. The lowest BCUT2D eigenvalue weighted by molar-refractivity contribution is -0.118. The average molecular weight is 402 g/mol. The van der Waals surface area contributed by atoms with Crippen LogP contribution in [0.4, 0.5) is 11.4 Å². The minimum absolute atomic E-state index is 0.109.